The van der Waals surface area contributed by atoms with Gasteiger partial charge >= 0.3 is 29.4 Å². The molecule has 0 aromatic carbocycles. The number of aliphatic hydroxyl groups excluding tert-OH is 2. The van der Waals surface area contributed by atoms with Crippen molar-refractivity contribution in [1.29, 1.82) is 0 Å². The van der Waals surface area contributed by atoms with E-state index in [1.165, 1.54) is 19.9 Å². The van der Waals surface area contributed by atoms with Crippen LogP contribution < -0.4 is 16.4 Å². The largest absolute Gasteiger partial charge is 0.481 e. The summed E-state index contributed by atoms with van der Waals surface area (Å²) in [4.78, 5) is 98.5. The number of carbonyl (C=O) groups is 4. The highest BCUT2D eigenvalue weighted by Gasteiger charge is 2.50. The van der Waals surface area contributed by atoms with E-state index >= 15 is 0 Å². The number of nitrogen functional groups attached to an aromatic ring is 1. The van der Waals surface area contributed by atoms with Gasteiger partial charge in [0, 0.05) is 43.2 Å². The standard InChI is InChI=1S/C35H56N7O19P3S/c1-35(2,30(48)33(49)38-16-15-24(43)37-17-18-65-26(46)14-12-10-8-6-4-3-5-7-9-11-13-25(44)45)20-58-64(55,56)61-63(53,54)57-19-23-29(60-62(50,51)52)28(47)34(59-23)42-22-41-27-31(36)39-21-40-32(27)42/h7,9,11,13,21-23,28-30,34,47-48H,3-6,8,10,12,14-20H2,1-2H3,(H,37,43)(H,38,49)(H,44,45)(H,53,54)(H,55,56)(H2,36,39,40)(H2,50,51,52)/b9-7+,13-11+. The highest BCUT2D eigenvalue weighted by Crippen LogP contribution is 2.61. The molecule has 7 atom stereocenters. The average molecular weight is 1000 g/mol. The molecule has 0 spiro atoms. The average Bonchev–Trinajstić information content (AvgIpc) is 3.77. The van der Waals surface area contributed by atoms with Crippen LogP contribution in [0.2, 0.25) is 0 Å². The summed E-state index contributed by atoms with van der Waals surface area (Å²) in [7, 11) is -16.4. The Hall–Kier alpha value is -3.49. The fourth-order valence-electron chi connectivity index (χ4n) is 5.92. The van der Waals surface area contributed by atoms with Crippen LogP contribution >= 0.6 is 35.2 Å². The van der Waals surface area contributed by atoms with Crippen LogP contribution in [0.5, 0.6) is 0 Å². The third-order valence-electron chi connectivity index (χ3n) is 9.25. The van der Waals surface area contributed by atoms with E-state index in [9.17, 15) is 62.7 Å². The molecule has 11 N–H and O–H groups in total. The molecule has 2 amide bonds. The van der Waals surface area contributed by atoms with E-state index < -0.39 is 90.5 Å². The van der Waals surface area contributed by atoms with Crippen LogP contribution in [0.25, 0.3) is 11.2 Å². The first-order chi connectivity index (χ1) is 30.4. The van der Waals surface area contributed by atoms with Gasteiger partial charge in [-0.25, -0.2) is 33.4 Å². The summed E-state index contributed by atoms with van der Waals surface area (Å²) in [5, 5.41) is 35.0. The zero-order chi connectivity index (χ0) is 48.4. The van der Waals surface area contributed by atoms with Gasteiger partial charge in [-0.05, 0) is 19.3 Å². The van der Waals surface area contributed by atoms with Crippen LogP contribution in [0.3, 0.4) is 0 Å². The number of carboxylic acids is 1. The van der Waals surface area contributed by atoms with Crippen LogP contribution in [-0.2, 0) is 55.5 Å². The van der Waals surface area contributed by atoms with Crippen molar-refractivity contribution in [2.75, 3.05) is 37.8 Å². The number of aliphatic hydroxyl groups is 2. The lowest BCUT2D eigenvalue weighted by Gasteiger charge is -2.30. The minimum atomic E-state index is -5.59. The SMILES string of the molecule is CC(C)(COP(=O)(O)OP(=O)(O)OCC1OC(n2cnc3c(N)ncnc32)C(O)C1OP(=O)(O)O)C(O)C(=O)NCCC(=O)NCCSC(=O)CCCCCCCC/C=C/C=C/C(=O)O. The Labute approximate surface area is 377 Å². The summed E-state index contributed by atoms with van der Waals surface area (Å²) >= 11 is 1.10. The Morgan fingerprint density at radius 1 is 0.954 bits per heavy atom. The second-order valence-corrected chi connectivity index (χ2v) is 20.5. The Balaban J connectivity index is 1.34. The van der Waals surface area contributed by atoms with Crippen molar-refractivity contribution in [3.05, 3.63) is 37.0 Å². The van der Waals surface area contributed by atoms with Crippen molar-refractivity contribution in [3.63, 3.8) is 0 Å². The molecule has 0 bridgehead atoms. The van der Waals surface area contributed by atoms with Gasteiger partial charge in [0.15, 0.2) is 22.8 Å². The number of aliphatic carboxylic acids is 1. The number of nitrogens with one attached hydrogen (secondary N) is 2. The monoisotopic (exact) mass is 1000 g/mol. The lowest BCUT2D eigenvalue weighted by Crippen LogP contribution is -2.46. The molecule has 3 rings (SSSR count). The molecule has 2 aromatic heterocycles. The van der Waals surface area contributed by atoms with Crippen molar-refractivity contribution in [3.8, 4) is 0 Å². The molecular formula is C35H56N7O19P3S. The van der Waals surface area contributed by atoms with Gasteiger partial charge in [-0.3, -0.25) is 32.5 Å². The second kappa shape index (κ2) is 26.2. The van der Waals surface area contributed by atoms with Gasteiger partial charge in [-0.2, -0.15) is 4.31 Å². The van der Waals surface area contributed by atoms with Crippen molar-refractivity contribution in [2.45, 2.75) is 102 Å². The van der Waals surface area contributed by atoms with E-state index in [1.54, 1.807) is 6.08 Å². The lowest BCUT2D eigenvalue weighted by atomic mass is 9.87. The van der Waals surface area contributed by atoms with Crippen LogP contribution in [0, 0.1) is 5.41 Å². The van der Waals surface area contributed by atoms with Gasteiger partial charge in [0.25, 0.3) is 0 Å². The summed E-state index contributed by atoms with van der Waals surface area (Å²) in [6.07, 6.45) is 6.25. The first-order valence-corrected chi connectivity index (χ1v) is 25.5. The van der Waals surface area contributed by atoms with Gasteiger partial charge in [0.05, 0.1) is 19.5 Å². The molecule has 1 saturated heterocycles. The quantitative estimate of drug-likeness (QED) is 0.0231. The molecule has 7 unspecified atom stereocenters. The maximum absolute atomic E-state index is 12.7. The molecular weight excluding hydrogens is 947 g/mol. The van der Waals surface area contributed by atoms with E-state index in [0.717, 1.165) is 80.0 Å². The number of phosphoric acid groups is 3. The highest BCUT2D eigenvalue weighted by atomic mass is 32.2. The van der Waals surface area contributed by atoms with Crippen molar-refractivity contribution in [2.24, 2.45) is 5.41 Å². The third kappa shape index (κ3) is 20.1. The fourth-order valence-corrected chi connectivity index (χ4v) is 9.47. The van der Waals surface area contributed by atoms with Crippen LogP contribution in [-0.4, -0.2) is 134 Å². The molecule has 1 aliphatic rings. The van der Waals surface area contributed by atoms with Gasteiger partial charge in [0.2, 0.25) is 11.8 Å². The summed E-state index contributed by atoms with van der Waals surface area (Å²) in [5.41, 5.74) is 4.25. The smallest absolute Gasteiger partial charge is 0.478 e. The molecule has 30 heteroatoms. The first kappa shape index (κ1) is 55.8. The molecule has 1 aliphatic heterocycles. The summed E-state index contributed by atoms with van der Waals surface area (Å²) in [6.45, 7) is 0.455. The zero-order valence-corrected chi connectivity index (χ0v) is 38.9. The number of carbonyl (C=O) groups excluding carboxylic acids is 3. The number of nitrogens with zero attached hydrogens (tertiary/aromatic N) is 4. The van der Waals surface area contributed by atoms with Gasteiger partial charge in [0.1, 0.15) is 36.3 Å². The van der Waals surface area contributed by atoms with Gasteiger partial charge in [-0.1, -0.05) is 69.5 Å². The van der Waals surface area contributed by atoms with Gasteiger partial charge in [-0.15, -0.1) is 0 Å². The number of aromatic nitrogens is 4. The number of phosphoric ester groups is 3. The molecule has 2 aromatic rings. The number of amides is 2. The molecule has 366 valence electrons. The lowest BCUT2D eigenvalue weighted by molar-refractivity contribution is -0.137. The first-order valence-electron chi connectivity index (χ1n) is 20.0. The highest BCUT2D eigenvalue weighted by molar-refractivity contribution is 8.13. The molecule has 0 saturated carbocycles. The van der Waals surface area contributed by atoms with Crippen LogP contribution in [0.4, 0.5) is 5.82 Å². The van der Waals surface area contributed by atoms with Gasteiger partial charge < -0.3 is 56.0 Å². The third-order valence-corrected chi connectivity index (χ3v) is 13.3. The Morgan fingerprint density at radius 3 is 2.32 bits per heavy atom. The van der Waals surface area contributed by atoms with E-state index in [4.69, 9.17) is 24.6 Å². The Morgan fingerprint density at radius 2 is 1.63 bits per heavy atom. The fraction of sp³-hybridized carbons (Fsp3) is 0.629. The summed E-state index contributed by atoms with van der Waals surface area (Å²) in [5.74, 6) is -2.11. The number of hydrogen-bond donors (Lipinski definition) is 10. The number of hydrogen-bond acceptors (Lipinski definition) is 19. The number of anilines is 1. The van der Waals surface area contributed by atoms with Crippen molar-refractivity contribution in [1.82, 2.24) is 30.2 Å². The van der Waals surface area contributed by atoms with Crippen molar-refractivity contribution < 1.29 is 90.4 Å². The zero-order valence-electron chi connectivity index (χ0n) is 35.4. The number of allylic oxidation sites excluding steroid dienone is 3. The maximum Gasteiger partial charge on any atom is 0.481 e. The molecule has 0 aliphatic carbocycles. The number of carboxylic acid groups (broad SMARTS) is 1. The van der Waals surface area contributed by atoms with E-state index in [-0.39, 0.29) is 41.6 Å². The predicted octanol–water partition coefficient (Wildman–Crippen LogP) is 1.98. The van der Waals surface area contributed by atoms with Crippen LogP contribution in [0.15, 0.2) is 37.0 Å². The number of unbranched alkanes of at least 4 members (excludes halogenated alkanes) is 6. The normalized spacial score (nSPS) is 20.5. The second-order valence-electron chi connectivity index (χ2n) is 15.1. The molecule has 3 heterocycles. The van der Waals surface area contributed by atoms with Crippen LogP contribution in [0.1, 0.15) is 77.9 Å². The number of rotatable bonds is 30. The molecule has 0 radical (unpaired) electrons. The summed E-state index contributed by atoms with van der Waals surface area (Å²) < 4.78 is 62.3. The minimum Gasteiger partial charge on any atom is -0.478 e. The Kier molecular flexibility index (Phi) is 22.5. The number of ether oxygens (including phenoxy) is 1. The minimum absolute atomic E-state index is 0.00994. The number of imidazole rings is 1. The maximum atomic E-state index is 12.7. The topological polar surface area (TPSA) is 401 Å². The predicted molar refractivity (Wildman–Crippen MR) is 230 cm³/mol. The molecule has 65 heavy (non-hydrogen) atoms. The molecule has 1 fully saturated rings. The molecule has 26 nitrogen and oxygen atoms in total. The van der Waals surface area contributed by atoms with E-state index in [1.807, 2.05) is 6.08 Å². The number of thioether (sulfide) groups is 1. The Bertz CT molecular complexity index is 2120. The van der Waals surface area contributed by atoms with Crippen molar-refractivity contribution >= 4 is 75.1 Å². The van der Waals surface area contributed by atoms with E-state index in [2.05, 4.69) is 34.4 Å². The van der Waals surface area contributed by atoms with E-state index in [0.29, 0.717) is 12.2 Å². The number of nitrogens with two attached hydrogens (primary N) is 1. The summed E-state index contributed by atoms with van der Waals surface area (Å²) in [6, 6.07) is 0. The number of fused-ring (bicyclic) bond motifs is 1.